The molecular formula is C11H18N4O3S. The number of hydrogen-bond acceptors (Lipinski definition) is 5. The Morgan fingerprint density at radius 2 is 2.16 bits per heavy atom. The van der Waals surface area contributed by atoms with Crippen molar-refractivity contribution in [2.75, 3.05) is 12.3 Å². The molecule has 1 heterocycles. The molecule has 1 aromatic rings. The topological polar surface area (TPSA) is 118 Å². The Labute approximate surface area is 112 Å². The van der Waals surface area contributed by atoms with Gasteiger partial charge in [0.05, 0.1) is 5.75 Å². The van der Waals surface area contributed by atoms with Gasteiger partial charge in [-0.1, -0.05) is 12.1 Å². The molecule has 0 aliphatic rings. The minimum Gasteiger partial charge on any atom is -0.409 e. The molecular weight excluding hydrogens is 268 g/mol. The van der Waals surface area contributed by atoms with Crippen LogP contribution in [0.15, 0.2) is 29.7 Å². The van der Waals surface area contributed by atoms with E-state index in [1.54, 1.807) is 31.5 Å². The average molecular weight is 286 g/mol. The largest absolute Gasteiger partial charge is 0.409 e. The lowest BCUT2D eigenvalue weighted by molar-refractivity contribution is 0.314. The molecule has 1 atom stereocenters. The second-order valence-electron chi connectivity index (χ2n) is 4.20. The first kappa shape index (κ1) is 15.4. The number of nitrogens with one attached hydrogen (secondary N) is 1. The zero-order chi connectivity index (χ0) is 14.3. The smallest absolute Gasteiger partial charge is 0.211 e. The van der Waals surface area contributed by atoms with Crippen molar-refractivity contribution in [1.29, 1.82) is 0 Å². The van der Waals surface area contributed by atoms with Gasteiger partial charge >= 0.3 is 0 Å². The summed E-state index contributed by atoms with van der Waals surface area (Å²) in [5, 5.41) is 11.3. The van der Waals surface area contributed by atoms with Gasteiger partial charge in [-0.15, -0.1) is 0 Å². The van der Waals surface area contributed by atoms with Crippen molar-refractivity contribution in [2.24, 2.45) is 16.8 Å². The molecule has 0 spiro atoms. The predicted molar refractivity (Wildman–Crippen MR) is 72.3 cm³/mol. The van der Waals surface area contributed by atoms with Gasteiger partial charge in [-0.05, 0) is 24.1 Å². The van der Waals surface area contributed by atoms with E-state index in [4.69, 9.17) is 10.9 Å². The summed E-state index contributed by atoms with van der Waals surface area (Å²) in [6, 6.07) is 3.54. The van der Waals surface area contributed by atoms with Crippen molar-refractivity contribution in [3.8, 4) is 0 Å². The zero-order valence-electron chi connectivity index (χ0n) is 10.7. The quantitative estimate of drug-likeness (QED) is 0.280. The van der Waals surface area contributed by atoms with Crippen LogP contribution in [0.2, 0.25) is 0 Å². The highest BCUT2D eigenvalue weighted by molar-refractivity contribution is 7.89. The molecule has 0 radical (unpaired) electrons. The number of oxime groups is 1. The van der Waals surface area contributed by atoms with Crippen molar-refractivity contribution in [3.63, 3.8) is 0 Å². The van der Waals surface area contributed by atoms with Crippen LogP contribution < -0.4 is 10.5 Å². The number of amidine groups is 1. The summed E-state index contributed by atoms with van der Waals surface area (Å²) in [5.74, 6) is -0.377. The van der Waals surface area contributed by atoms with Crippen LogP contribution in [0.4, 0.5) is 0 Å². The number of aromatic nitrogens is 1. The third kappa shape index (κ3) is 5.66. The van der Waals surface area contributed by atoms with E-state index in [1.165, 1.54) is 0 Å². The number of aryl methyl sites for hydroxylation is 1. The van der Waals surface area contributed by atoms with Gasteiger partial charge < -0.3 is 10.9 Å². The Hall–Kier alpha value is -1.67. The molecule has 106 valence electrons. The molecule has 0 aromatic carbocycles. The summed E-state index contributed by atoms with van der Waals surface area (Å²) in [7, 11) is -3.38. The Kier molecular flexibility index (Phi) is 5.71. The van der Waals surface area contributed by atoms with E-state index >= 15 is 0 Å². The van der Waals surface area contributed by atoms with E-state index in [0.29, 0.717) is 6.42 Å². The molecule has 19 heavy (non-hydrogen) atoms. The van der Waals surface area contributed by atoms with E-state index in [0.717, 1.165) is 5.56 Å². The number of nitrogens with two attached hydrogens (primary N) is 1. The first-order valence-electron chi connectivity index (χ1n) is 5.78. The van der Waals surface area contributed by atoms with Crippen molar-refractivity contribution in [1.82, 2.24) is 9.71 Å². The van der Waals surface area contributed by atoms with E-state index in [-0.39, 0.29) is 24.1 Å². The summed E-state index contributed by atoms with van der Waals surface area (Å²) in [6.45, 7) is 1.77. The minimum absolute atomic E-state index is 0.00293. The van der Waals surface area contributed by atoms with Gasteiger partial charge in [-0.25, -0.2) is 13.1 Å². The molecule has 1 unspecified atom stereocenters. The van der Waals surface area contributed by atoms with Gasteiger partial charge in [0, 0.05) is 24.9 Å². The maximum atomic E-state index is 11.7. The van der Waals surface area contributed by atoms with E-state index in [1.807, 2.05) is 0 Å². The monoisotopic (exact) mass is 286 g/mol. The van der Waals surface area contributed by atoms with Crippen molar-refractivity contribution >= 4 is 15.9 Å². The molecule has 0 amide bonds. The fourth-order valence-electron chi connectivity index (χ4n) is 1.33. The van der Waals surface area contributed by atoms with Crippen molar-refractivity contribution in [3.05, 3.63) is 30.1 Å². The normalized spacial score (nSPS) is 14.3. The van der Waals surface area contributed by atoms with Crippen LogP contribution in [0.25, 0.3) is 0 Å². The Morgan fingerprint density at radius 1 is 1.53 bits per heavy atom. The van der Waals surface area contributed by atoms with Gasteiger partial charge in [0.1, 0.15) is 5.84 Å². The third-order valence-electron chi connectivity index (χ3n) is 2.64. The highest BCUT2D eigenvalue weighted by atomic mass is 32.2. The summed E-state index contributed by atoms with van der Waals surface area (Å²) >= 11 is 0. The highest BCUT2D eigenvalue weighted by Gasteiger charge is 2.14. The Balaban J connectivity index is 2.45. The van der Waals surface area contributed by atoms with Crippen LogP contribution in [0.1, 0.15) is 12.5 Å². The van der Waals surface area contributed by atoms with E-state index in [2.05, 4.69) is 14.9 Å². The SMILES string of the molecule is CC(CNS(=O)(=O)CCc1ccncc1)/C(N)=N/O. The van der Waals surface area contributed by atoms with Crippen LogP contribution in [0.3, 0.4) is 0 Å². The molecule has 7 nitrogen and oxygen atoms in total. The third-order valence-corrected chi connectivity index (χ3v) is 3.99. The van der Waals surface area contributed by atoms with Gasteiger partial charge in [0.25, 0.3) is 0 Å². The average Bonchev–Trinajstić information content (AvgIpc) is 2.43. The van der Waals surface area contributed by atoms with Crippen molar-refractivity contribution in [2.45, 2.75) is 13.3 Å². The van der Waals surface area contributed by atoms with Gasteiger partial charge in [0.2, 0.25) is 10.0 Å². The van der Waals surface area contributed by atoms with E-state index < -0.39 is 10.0 Å². The molecule has 1 rings (SSSR count). The molecule has 1 aromatic heterocycles. The lowest BCUT2D eigenvalue weighted by atomic mass is 10.2. The zero-order valence-corrected chi connectivity index (χ0v) is 11.5. The summed E-state index contributed by atoms with van der Waals surface area (Å²) in [6.07, 6.45) is 3.65. The standard InChI is InChI=1S/C11H18N4O3S/c1-9(11(12)15-16)8-14-19(17,18)7-4-10-2-5-13-6-3-10/h2-3,5-6,9,14,16H,4,7-8H2,1H3,(H2,12,15). The summed E-state index contributed by atoms with van der Waals surface area (Å²) < 4.78 is 25.9. The first-order valence-corrected chi connectivity index (χ1v) is 7.43. The molecule has 0 saturated heterocycles. The molecule has 0 fully saturated rings. The number of rotatable bonds is 7. The molecule has 0 aliphatic carbocycles. The fourth-order valence-corrected chi connectivity index (χ4v) is 2.48. The first-order chi connectivity index (χ1) is 8.94. The summed E-state index contributed by atoms with van der Waals surface area (Å²) in [5.41, 5.74) is 6.28. The van der Waals surface area contributed by atoms with Crippen LogP contribution in [0, 0.1) is 5.92 Å². The lowest BCUT2D eigenvalue weighted by Crippen LogP contribution is -2.36. The Morgan fingerprint density at radius 3 is 2.74 bits per heavy atom. The molecule has 0 bridgehead atoms. The van der Waals surface area contributed by atoms with E-state index in [9.17, 15) is 8.42 Å². The van der Waals surface area contributed by atoms with Gasteiger partial charge in [-0.3, -0.25) is 4.98 Å². The van der Waals surface area contributed by atoms with Crippen LogP contribution in [0.5, 0.6) is 0 Å². The predicted octanol–water partition coefficient (Wildman–Crippen LogP) is -0.0740. The lowest BCUT2D eigenvalue weighted by Gasteiger charge is -2.11. The Bertz CT molecular complexity index is 516. The highest BCUT2D eigenvalue weighted by Crippen LogP contribution is 2.01. The van der Waals surface area contributed by atoms with Gasteiger partial charge in [-0.2, -0.15) is 0 Å². The fraction of sp³-hybridized carbons (Fsp3) is 0.455. The maximum absolute atomic E-state index is 11.7. The number of nitrogens with zero attached hydrogens (tertiary/aromatic N) is 2. The molecule has 0 aliphatic heterocycles. The second-order valence-corrected chi connectivity index (χ2v) is 6.13. The molecule has 8 heteroatoms. The molecule has 4 N–H and O–H groups in total. The number of pyridine rings is 1. The number of sulfonamides is 1. The van der Waals surface area contributed by atoms with Crippen molar-refractivity contribution < 1.29 is 13.6 Å². The maximum Gasteiger partial charge on any atom is 0.211 e. The number of hydrogen-bond donors (Lipinski definition) is 3. The second kappa shape index (κ2) is 7.05. The molecule has 0 saturated carbocycles. The van der Waals surface area contributed by atoms with Crippen LogP contribution >= 0.6 is 0 Å². The minimum atomic E-state index is -3.38. The van der Waals surface area contributed by atoms with Crippen LogP contribution in [-0.2, 0) is 16.4 Å². The van der Waals surface area contributed by atoms with Gasteiger partial charge in [0.15, 0.2) is 0 Å². The summed E-state index contributed by atoms with van der Waals surface area (Å²) in [4.78, 5) is 3.86. The van der Waals surface area contributed by atoms with Crippen LogP contribution in [-0.4, -0.2) is 36.7 Å².